The zero-order valence-corrected chi connectivity index (χ0v) is 19.6. The van der Waals surface area contributed by atoms with Crippen molar-refractivity contribution in [2.75, 3.05) is 12.8 Å². The molecule has 2 heterocycles. The molecule has 1 saturated carbocycles. The summed E-state index contributed by atoms with van der Waals surface area (Å²) in [4.78, 5) is 9.84. The lowest BCUT2D eigenvalue weighted by Gasteiger charge is -2.30. The number of nitrogens with one attached hydrogen (secondary N) is 2. The average molecular weight is 522 g/mol. The molecule has 2 N–H and O–H groups in total. The van der Waals surface area contributed by atoms with E-state index in [1.54, 1.807) is 24.6 Å². The fourth-order valence-corrected chi connectivity index (χ4v) is 5.22. The monoisotopic (exact) mass is 522 g/mol. The quantitative estimate of drug-likeness (QED) is 0.343. The summed E-state index contributed by atoms with van der Waals surface area (Å²) in [6, 6.07) is 4.29. The Bertz CT molecular complexity index is 748. The summed E-state index contributed by atoms with van der Waals surface area (Å²) in [6.45, 7) is 2.54. The molecule has 2 aromatic heterocycles. The van der Waals surface area contributed by atoms with Crippen LogP contribution in [0, 0.1) is 0 Å². The summed E-state index contributed by atoms with van der Waals surface area (Å²) in [5.74, 6) is 2.14. The second kappa shape index (κ2) is 11.2. The van der Waals surface area contributed by atoms with E-state index >= 15 is 0 Å². The highest BCUT2D eigenvalue weighted by Gasteiger charge is 2.26. The SMILES string of the molecule is CCS(=O)C1CCCC(NC(=NC)NCc2coc(-c3cccs3)n2)C1.I. The van der Waals surface area contributed by atoms with E-state index in [9.17, 15) is 4.21 Å². The number of guanidine groups is 1. The highest BCUT2D eigenvalue weighted by molar-refractivity contribution is 14.0. The Morgan fingerprint density at radius 2 is 2.33 bits per heavy atom. The summed E-state index contributed by atoms with van der Waals surface area (Å²) in [6.07, 6.45) is 5.88. The van der Waals surface area contributed by atoms with Crippen molar-refractivity contribution in [2.24, 2.45) is 4.99 Å². The predicted octanol–water partition coefficient (Wildman–Crippen LogP) is 3.77. The number of thiophene rings is 1. The van der Waals surface area contributed by atoms with E-state index in [4.69, 9.17) is 4.42 Å². The van der Waals surface area contributed by atoms with Crippen molar-refractivity contribution in [1.29, 1.82) is 0 Å². The van der Waals surface area contributed by atoms with E-state index < -0.39 is 10.8 Å². The Balaban J connectivity index is 0.00000261. The minimum Gasteiger partial charge on any atom is -0.443 e. The first-order chi connectivity index (χ1) is 12.7. The second-order valence-corrected chi connectivity index (χ2v) is 9.30. The summed E-state index contributed by atoms with van der Waals surface area (Å²) < 4.78 is 17.6. The first kappa shape index (κ1) is 22.4. The molecule has 3 rings (SSSR count). The molecule has 1 aliphatic carbocycles. The van der Waals surface area contributed by atoms with Crippen LogP contribution in [-0.2, 0) is 17.3 Å². The van der Waals surface area contributed by atoms with Crippen molar-refractivity contribution in [2.45, 2.75) is 50.4 Å². The molecule has 0 bridgehead atoms. The van der Waals surface area contributed by atoms with Gasteiger partial charge in [0.1, 0.15) is 6.26 Å². The number of aliphatic imine (C=N–C) groups is 1. The fourth-order valence-electron chi connectivity index (χ4n) is 3.21. The second-order valence-electron chi connectivity index (χ2n) is 6.35. The van der Waals surface area contributed by atoms with Crippen molar-refractivity contribution in [1.82, 2.24) is 15.6 Å². The third kappa shape index (κ3) is 6.28. The van der Waals surface area contributed by atoms with E-state index in [2.05, 4.69) is 20.6 Å². The molecule has 3 atom stereocenters. The molecular weight excluding hydrogens is 495 g/mol. The molecule has 3 unspecified atom stereocenters. The van der Waals surface area contributed by atoms with Gasteiger partial charge >= 0.3 is 0 Å². The van der Waals surface area contributed by atoms with Crippen LogP contribution in [0.2, 0.25) is 0 Å². The van der Waals surface area contributed by atoms with Crippen LogP contribution < -0.4 is 10.6 Å². The number of aromatic nitrogens is 1. The Labute approximate surface area is 184 Å². The van der Waals surface area contributed by atoms with E-state index in [0.29, 0.717) is 23.7 Å². The third-order valence-electron chi connectivity index (χ3n) is 4.57. The van der Waals surface area contributed by atoms with Crippen LogP contribution in [0.1, 0.15) is 38.3 Å². The van der Waals surface area contributed by atoms with Gasteiger partial charge in [-0.15, -0.1) is 35.3 Å². The minimum absolute atomic E-state index is 0. The van der Waals surface area contributed by atoms with E-state index in [0.717, 1.165) is 48.0 Å². The number of rotatable bonds is 6. The third-order valence-corrected chi connectivity index (χ3v) is 7.17. The van der Waals surface area contributed by atoms with Crippen LogP contribution in [0.3, 0.4) is 0 Å². The summed E-state index contributed by atoms with van der Waals surface area (Å²) in [7, 11) is 1.05. The van der Waals surface area contributed by atoms with Gasteiger partial charge in [-0.05, 0) is 30.7 Å². The van der Waals surface area contributed by atoms with Gasteiger partial charge in [0.2, 0.25) is 5.89 Å². The molecular formula is C18H27IN4O2S2. The fraction of sp³-hybridized carbons (Fsp3) is 0.556. The molecule has 1 fully saturated rings. The Kier molecular flexibility index (Phi) is 9.24. The van der Waals surface area contributed by atoms with Crippen molar-refractivity contribution in [3.63, 3.8) is 0 Å². The van der Waals surface area contributed by atoms with Crippen molar-refractivity contribution in [3.8, 4) is 10.8 Å². The number of halogens is 1. The molecule has 0 amide bonds. The van der Waals surface area contributed by atoms with Gasteiger partial charge in [-0.2, -0.15) is 0 Å². The Morgan fingerprint density at radius 3 is 3.04 bits per heavy atom. The lowest BCUT2D eigenvalue weighted by atomic mass is 9.95. The molecule has 9 heteroatoms. The number of oxazole rings is 1. The minimum atomic E-state index is -0.718. The van der Waals surface area contributed by atoms with Crippen LogP contribution in [0.15, 0.2) is 33.2 Å². The molecule has 1 aliphatic rings. The lowest BCUT2D eigenvalue weighted by molar-refractivity contribution is 0.413. The van der Waals surface area contributed by atoms with E-state index in [-0.39, 0.29) is 24.0 Å². The van der Waals surface area contributed by atoms with Gasteiger partial charge in [-0.3, -0.25) is 9.20 Å². The molecule has 0 radical (unpaired) electrons. The predicted molar refractivity (Wildman–Crippen MR) is 123 cm³/mol. The van der Waals surface area contributed by atoms with Gasteiger partial charge in [0.15, 0.2) is 5.96 Å². The highest BCUT2D eigenvalue weighted by atomic mass is 127. The van der Waals surface area contributed by atoms with Crippen molar-refractivity contribution >= 4 is 52.1 Å². The number of hydrogen-bond acceptors (Lipinski definition) is 5. The topological polar surface area (TPSA) is 79.5 Å². The van der Waals surface area contributed by atoms with Gasteiger partial charge in [0.25, 0.3) is 0 Å². The van der Waals surface area contributed by atoms with Gasteiger partial charge in [0, 0.05) is 34.9 Å². The maximum Gasteiger partial charge on any atom is 0.236 e. The normalized spacial score (nSPS) is 21.3. The number of hydrogen-bond donors (Lipinski definition) is 2. The maximum atomic E-state index is 12.1. The van der Waals surface area contributed by atoms with Gasteiger partial charge in [0.05, 0.1) is 17.1 Å². The summed E-state index contributed by atoms with van der Waals surface area (Å²) in [5, 5.41) is 9.07. The lowest BCUT2D eigenvalue weighted by Crippen LogP contribution is -2.46. The van der Waals surface area contributed by atoms with Gasteiger partial charge in [-0.1, -0.05) is 19.4 Å². The molecule has 0 saturated heterocycles. The summed E-state index contributed by atoms with van der Waals surface area (Å²) >= 11 is 1.61. The molecule has 2 aromatic rings. The molecule has 0 aromatic carbocycles. The van der Waals surface area contributed by atoms with Crippen LogP contribution in [0.5, 0.6) is 0 Å². The number of nitrogens with zero attached hydrogens (tertiary/aromatic N) is 2. The standard InChI is InChI=1S/C18H26N4O2S2.HI/c1-3-26(23)15-7-4-6-13(10-15)22-18(19-2)20-11-14-12-24-17(21-14)16-8-5-9-25-16;/h5,8-9,12-13,15H,3-4,6-7,10-11H2,1-2H3,(H2,19,20,22);1H. The first-order valence-corrected chi connectivity index (χ1v) is 11.3. The molecule has 6 nitrogen and oxygen atoms in total. The van der Waals surface area contributed by atoms with E-state index in [1.807, 2.05) is 24.4 Å². The molecule has 0 spiro atoms. The zero-order chi connectivity index (χ0) is 18.4. The molecule has 27 heavy (non-hydrogen) atoms. The van der Waals surface area contributed by atoms with E-state index in [1.165, 1.54) is 0 Å². The Morgan fingerprint density at radius 1 is 1.48 bits per heavy atom. The van der Waals surface area contributed by atoms with Gasteiger partial charge in [-0.25, -0.2) is 4.98 Å². The Hall–Kier alpha value is -0.940. The van der Waals surface area contributed by atoms with Gasteiger partial charge < -0.3 is 15.1 Å². The molecule has 150 valence electrons. The van der Waals surface area contributed by atoms with Crippen LogP contribution >= 0.6 is 35.3 Å². The van der Waals surface area contributed by atoms with Crippen molar-refractivity contribution in [3.05, 3.63) is 29.5 Å². The summed E-state index contributed by atoms with van der Waals surface area (Å²) in [5.41, 5.74) is 0.838. The zero-order valence-electron chi connectivity index (χ0n) is 15.6. The highest BCUT2D eigenvalue weighted by Crippen LogP contribution is 2.24. The van der Waals surface area contributed by atoms with Crippen LogP contribution in [-0.4, -0.2) is 39.2 Å². The first-order valence-electron chi connectivity index (χ1n) is 9.02. The maximum absolute atomic E-state index is 12.1. The van der Waals surface area contributed by atoms with Crippen LogP contribution in [0.25, 0.3) is 10.8 Å². The largest absolute Gasteiger partial charge is 0.443 e. The molecule has 0 aliphatic heterocycles. The van der Waals surface area contributed by atoms with Crippen LogP contribution in [0.4, 0.5) is 0 Å². The van der Waals surface area contributed by atoms with Crippen molar-refractivity contribution < 1.29 is 8.63 Å². The average Bonchev–Trinajstić information content (AvgIpc) is 3.36. The smallest absolute Gasteiger partial charge is 0.236 e.